The second kappa shape index (κ2) is 10.9. The maximum Gasteiger partial charge on any atom is 0.227 e. The lowest BCUT2D eigenvalue weighted by molar-refractivity contribution is -0.117. The van der Waals surface area contributed by atoms with E-state index in [0.717, 1.165) is 47.0 Å². The first-order valence-corrected chi connectivity index (χ1v) is 13.6. The fraction of sp³-hybridized carbons (Fsp3) is 0.375. The van der Waals surface area contributed by atoms with Crippen LogP contribution in [0.25, 0.3) is 11.0 Å². The SMILES string of the molecule is CCOc1ccccc1N1CC(c2nc3ccccc3n2CCCOc2ccccc2C(C)(C)C)CC1=O. The predicted octanol–water partition coefficient (Wildman–Crippen LogP) is 6.72. The molecule has 198 valence electrons. The van der Waals surface area contributed by atoms with E-state index in [1.807, 2.05) is 60.4 Å². The fourth-order valence-corrected chi connectivity index (χ4v) is 5.33. The van der Waals surface area contributed by atoms with Crippen LogP contribution in [0.1, 0.15) is 57.8 Å². The summed E-state index contributed by atoms with van der Waals surface area (Å²) in [6.45, 7) is 11.1. The van der Waals surface area contributed by atoms with E-state index in [1.165, 1.54) is 5.56 Å². The van der Waals surface area contributed by atoms with Crippen molar-refractivity contribution in [1.82, 2.24) is 9.55 Å². The van der Waals surface area contributed by atoms with E-state index in [9.17, 15) is 4.79 Å². The third-order valence-electron chi connectivity index (χ3n) is 7.11. The van der Waals surface area contributed by atoms with E-state index in [1.54, 1.807) is 0 Å². The van der Waals surface area contributed by atoms with Crippen LogP contribution in [0.15, 0.2) is 72.8 Å². The van der Waals surface area contributed by atoms with Crippen LogP contribution in [0.5, 0.6) is 11.5 Å². The maximum atomic E-state index is 13.2. The molecule has 0 spiro atoms. The first kappa shape index (κ1) is 25.8. The summed E-state index contributed by atoms with van der Waals surface area (Å²) in [5.41, 5.74) is 4.12. The number of anilines is 1. The Morgan fingerprint density at radius 2 is 1.63 bits per heavy atom. The lowest BCUT2D eigenvalue weighted by Gasteiger charge is -2.23. The number of carbonyl (C=O) groups excluding carboxylic acids is 1. The molecule has 0 N–H and O–H groups in total. The fourth-order valence-electron chi connectivity index (χ4n) is 5.33. The number of ether oxygens (including phenoxy) is 2. The normalized spacial score (nSPS) is 15.8. The summed E-state index contributed by atoms with van der Waals surface area (Å²) in [6.07, 6.45) is 1.27. The molecule has 3 aromatic carbocycles. The molecule has 38 heavy (non-hydrogen) atoms. The monoisotopic (exact) mass is 511 g/mol. The molecule has 1 aliphatic heterocycles. The summed E-state index contributed by atoms with van der Waals surface area (Å²) in [6, 6.07) is 24.3. The Hall–Kier alpha value is -3.80. The number of amides is 1. The summed E-state index contributed by atoms with van der Waals surface area (Å²) < 4.78 is 14.4. The van der Waals surface area contributed by atoms with Gasteiger partial charge in [0, 0.05) is 25.4 Å². The van der Waals surface area contributed by atoms with E-state index in [2.05, 4.69) is 49.6 Å². The van der Waals surface area contributed by atoms with Crippen LogP contribution in [0.4, 0.5) is 5.69 Å². The van der Waals surface area contributed by atoms with Crippen molar-refractivity contribution in [1.29, 1.82) is 0 Å². The highest BCUT2D eigenvalue weighted by Gasteiger charge is 2.36. The van der Waals surface area contributed by atoms with Gasteiger partial charge in [-0.2, -0.15) is 0 Å². The van der Waals surface area contributed by atoms with Gasteiger partial charge in [0.2, 0.25) is 5.91 Å². The highest BCUT2D eigenvalue weighted by Crippen LogP contribution is 2.37. The van der Waals surface area contributed by atoms with Crippen molar-refractivity contribution in [3.63, 3.8) is 0 Å². The molecule has 1 saturated heterocycles. The second-order valence-electron chi connectivity index (χ2n) is 10.9. The topological polar surface area (TPSA) is 56.6 Å². The quantitative estimate of drug-likeness (QED) is 0.234. The van der Waals surface area contributed by atoms with Crippen molar-refractivity contribution < 1.29 is 14.3 Å². The molecule has 0 bridgehead atoms. The van der Waals surface area contributed by atoms with E-state index in [0.29, 0.717) is 26.2 Å². The van der Waals surface area contributed by atoms with Gasteiger partial charge in [-0.25, -0.2) is 4.98 Å². The zero-order valence-electron chi connectivity index (χ0n) is 22.8. The Morgan fingerprint density at radius 3 is 2.42 bits per heavy atom. The number of hydrogen-bond donors (Lipinski definition) is 0. The highest BCUT2D eigenvalue weighted by molar-refractivity contribution is 5.97. The van der Waals surface area contributed by atoms with Crippen LogP contribution >= 0.6 is 0 Å². The Balaban J connectivity index is 1.35. The third-order valence-corrected chi connectivity index (χ3v) is 7.11. The third kappa shape index (κ3) is 5.26. The molecule has 2 heterocycles. The highest BCUT2D eigenvalue weighted by atomic mass is 16.5. The number of aromatic nitrogens is 2. The van der Waals surface area contributed by atoms with E-state index >= 15 is 0 Å². The van der Waals surface area contributed by atoms with Gasteiger partial charge in [0.15, 0.2) is 0 Å². The standard InChI is InChI=1S/C32H37N3O3/c1-5-37-29-18-11-9-16-27(29)35-22-23(21-30(35)36)31-33-25-14-7-8-15-26(25)34(31)19-12-20-38-28-17-10-6-13-24(28)32(2,3)4/h6-11,13-18,23H,5,12,19-22H2,1-4H3. The molecule has 1 amide bonds. The lowest BCUT2D eigenvalue weighted by Crippen LogP contribution is -2.25. The van der Waals surface area contributed by atoms with Crippen LogP contribution in [0.2, 0.25) is 0 Å². The van der Waals surface area contributed by atoms with E-state index < -0.39 is 0 Å². The molecule has 0 saturated carbocycles. The van der Waals surface area contributed by atoms with Gasteiger partial charge in [-0.3, -0.25) is 4.79 Å². The van der Waals surface area contributed by atoms with Crippen LogP contribution in [-0.2, 0) is 16.8 Å². The van der Waals surface area contributed by atoms with Gasteiger partial charge < -0.3 is 18.9 Å². The minimum Gasteiger partial charge on any atom is -0.493 e. The molecule has 1 aliphatic rings. The van der Waals surface area contributed by atoms with Gasteiger partial charge in [0.05, 0.1) is 29.9 Å². The Kier molecular flexibility index (Phi) is 7.41. The molecule has 0 radical (unpaired) electrons. The summed E-state index contributed by atoms with van der Waals surface area (Å²) in [5.74, 6) is 2.76. The number of para-hydroxylation sites is 5. The number of fused-ring (bicyclic) bond motifs is 1. The van der Waals surface area contributed by atoms with Crippen molar-refractivity contribution in [2.75, 3.05) is 24.7 Å². The molecule has 6 heteroatoms. The minimum atomic E-state index is 0.00659. The summed E-state index contributed by atoms with van der Waals surface area (Å²) in [7, 11) is 0. The van der Waals surface area contributed by atoms with Gasteiger partial charge in [0.1, 0.15) is 17.3 Å². The van der Waals surface area contributed by atoms with Crippen LogP contribution in [0, 0.1) is 0 Å². The van der Waals surface area contributed by atoms with Gasteiger partial charge >= 0.3 is 0 Å². The molecule has 4 aromatic rings. The van der Waals surface area contributed by atoms with E-state index in [-0.39, 0.29) is 17.2 Å². The zero-order chi connectivity index (χ0) is 26.7. The molecule has 1 unspecified atom stereocenters. The van der Waals surface area contributed by atoms with Crippen LogP contribution in [-0.4, -0.2) is 35.2 Å². The largest absolute Gasteiger partial charge is 0.493 e. The number of carbonyl (C=O) groups is 1. The zero-order valence-corrected chi connectivity index (χ0v) is 22.8. The number of imidazole rings is 1. The van der Waals surface area contributed by atoms with Crippen LogP contribution < -0.4 is 14.4 Å². The second-order valence-corrected chi connectivity index (χ2v) is 10.9. The molecular formula is C32H37N3O3. The number of benzene rings is 3. The number of hydrogen-bond acceptors (Lipinski definition) is 4. The smallest absolute Gasteiger partial charge is 0.227 e. The van der Waals surface area contributed by atoms with Crippen molar-refractivity contribution in [3.05, 3.63) is 84.2 Å². The van der Waals surface area contributed by atoms with Gasteiger partial charge in [-0.1, -0.05) is 63.2 Å². The first-order valence-electron chi connectivity index (χ1n) is 13.6. The average Bonchev–Trinajstić information content (AvgIpc) is 3.47. The van der Waals surface area contributed by atoms with Gasteiger partial charge in [0.25, 0.3) is 0 Å². The number of rotatable bonds is 9. The lowest BCUT2D eigenvalue weighted by atomic mass is 9.86. The van der Waals surface area contributed by atoms with Crippen molar-refractivity contribution in [2.24, 2.45) is 0 Å². The molecule has 5 rings (SSSR count). The molecule has 0 aliphatic carbocycles. The average molecular weight is 512 g/mol. The number of aryl methyl sites for hydroxylation is 1. The van der Waals surface area contributed by atoms with Crippen molar-refractivity contribution in [3.8, 4) is 11.5 Å². The number of nitrogens with zero attached hydrogens (tertiary/aromatic N) is 3. The Morgan fingerprint density at radius 1 is 0.921 bits per heavy atom. The predicted molar refractivity (Wildman–Crippen MR) is 152 cm³/mol. The Labute approximate surface area is 225 Å². The maximum absolute atomic E-state index is 13.2. The Bertz CT molecular complexity index is 1420. The van der Waals surface area contributed by atoms with Crippen LogP contribution in [0.3, 0.4) is 0 Å². The summed E-state index contributed by atoms with van der Waals surface area (Å²) in [5, 5.41) is 0. The van der Waals surface area contributed by atoms with Gasteiger partial charge in [-0.15, -0.1) is 0 Å². The molecule has 1 fully saturated rings. The van der Waals surface area contributed by atoms with Gasteiger partial charge in [-0.05, 0) is 54.7 Å². The summed E-state index contributed by atoms with van der Waals surface area (Å²) >= 11 is 0. The van der Waals surface area contributed by atoms with Crippen molar-refractivity contribution >= 4 is 22.6 Å². The van der Waals surface area contributed by atoms with Crippen molar-refractivity contribution in [2.45, 2.75) is 58.4 Å². The van der Waals surface area contributed by atoms with E-state index in [4.69, 9.17) is 14.5 Å². The summed E-state index contributed by atoms with van der Waals surface area (Å²) in [4.78, 5) is 20.0. The molecule has 6 nitrogen and oxygen atoms in total. The molecule has 1 aromatic heterocycles. The molecule has 1 atom stereocenters. The molecular weight excluding hydrogens is 474 g/mol. The minimum absolute atomic E-state index is 0.00659. The first-order chi connectivity index (χ1) is 18.4.